The highest BCUT2D eigenvalue weighted by Gasteiger charge is 2.21. The van der Waals surface area contributed by atoms with Crippen LogP contribution in [0, 0.1) is 0 Å². The van der Waals surface area contributed by atoms with Gasteiger partial charge in [0.25, 0.3) is 0 Å². The minimum Gasteiger partial charge on any atom is -0.308 e. The lowest BCUT2D eigenvalue weighted by Gasteiger charge is -2.09. The van der Waals surface area contributed by atoms with E-state index >= 15 is 0 Å². The van der Waals surface area contributed by atoms with Crippen molar-refractivity contribution in [3.8, 4) is 51.0 Å². The summed E-state index contributed by atoms with van der Waals surface area (Å²) in [5, 5.41) is 7.54. The lowest BCUT2D eigenvalue weighted by atomic mass is 10.00. The van der Waals surface area contributed by atoms with E-state index in [2.05, 4.69) is 150 Å². The summed E-state index contributed by atoms with van der Waals surface area (Å²) in [5.74, 6) is 2.00. The first-order chi connectivity index (χ1) is 28.3. The molecule has 0 fully saturated rings. The Labute approximate surface area is 335 Å². The zero-order chi connectivity index (χ0) is 37.5. The number of aromatic nitrogens is 4. The molecule has 12 aromatic rings. The SMILES string of the molecule is c1ccc(-c2nc(-c3ccccc3)nc(-c3cccc4c3sc3c(-c5cccc6c5sc5c(-n7c8ccccc8c8ccccc87)cccc56)cccc34)n2)cc1. The first kappa shape index (κ1) is 32.3. The predicted octanol–water partition coefficient (Wildman–Crippen LogP) is 14.4. The molecule has 12 rings (SSSR count). The van der Waals surface area contributed by atoms with Crippen molar-refractivity contribution in [2.24, 2.45) is 0 Å². The number of rotatable bonds is 5. The summed E-state index contributed by atoms with van der Waals surface area (Å²) in [5.41, 5.74) is 9.07. The lowest BCUT2D eigenvalue weighted by Crippen LogP contribution is -2.00. The van der Waals surface area contributed by atoms with Crippen LogP contribution < -0.4 is 0 Å². The topological polar surface area (TPSA) is 43.6 Å². The van der Waals surface area contributed by atoms with Crippen LogP contribution in [-0.4, -0.2) is 19.5 Å². The van der Waals surface area contributed by atoms with Gasteiger partial charge in [-0.25, -0.2) is 15.0 Å². The van der Waals surface area contributed by atoms with Crippen molar-refractivity contribution in [1.82, 2.24) is 19.5 Å². The van der Waals surface area contributed by atoms with Gasteiger partial charge in [-0.3, -0.25) is 0 Å². The van der Waals surface area contributed by atoms with E-state index in [0.29, 0.717) is 17.5 Å². The fraction of sp³-hybridized carbons (Fsp3) is 0. The Morgan fingerprint density at radius 1 is 0.298 bits per heavy atom. The number of benzene rings is 8. The second kappa shape index (κ2) is 12.8. The second-order valence-corrected chi connectivity index (χ2v) is 16.4. The van der Waals surface area contributed by atoms with Gasteiger partial charge in [-0.15, -0.1) is 22.7 Å². The van der Waals surface area contributed by atoms with Crippen LogP contribution in [0.4, 0.5) is 0 Å². The first-order valence-electron chi connectivity index (χ1n) is 19.0. The third-order valence-corrected chi connectivity index (χ3v) is 13.6. The van der Waals surface area contributed by atoms with Gasteiger partial charge in [-0.2, -0.15) is 0 Å². The summed E-state index contributed by atoms with van der Waals surface area (Å²) in [6.07, 6.45) is 0. The Bertz CT molecular complexity index is 3410. The van der Waals surface area contributed by atoms with Crippen molar-refractivity contribution < 1.29 is 0 Å². The van der Waals surface area contributed by atoms with E-state index in [1.54, 1.807) is 0 Å². The van der Waals surface area contributed by atoms with Crippen LogP contribution in [0.1, 0.15) is 0 Å². The monoisotopic (exact) mass is 762 g/mol. The highest BCUT2D eigenvalue weighted by Crippen LogP contribution is 2.48. The Hall–Kier alpha value is -6.99. The smallest absolute Gasteiger partial charge is 0.165 e. The summed E-state index contributed by atoms with van der Waals surface area (Å²) < 4.78 is 7.46. The van der Waals surface area contributed by atoms with Gasteiger partial charge >= 0.3 is 0 Å². The van der Waals surface area contributed by atoms with E-state index in [0.717, 1.165) is 16.7 Å². The Morgan fingerprint density at radius 3 is 1.23 bits per heavy atom. The van der Waals surface area contributed by atoms with Crippen LogP contribution in [-0.2, 0) is 0 Å². The molecule has 0 aliphatic rings. The number of para-hydroxylation sites is 2. The van der Waals surface area contributed by atoms with Gasteiger partial charge in [0.1, 0.15) is 0 Å². The van der Waals surface area contributed by atoms with E-state index in [1.165, 1.54) is 79.0 Å². The van der Waals surface area contributed by atoms with Gasteiger partial charge in [-0.05, 0) is 24.3 Å². The molecule has 6 heteroatoms. The summed E-state index contributed by atoms with van der Waals surface area (Å²) in [6.45, 7) is 0. The third kappa shape index (κ3) is 5.01. The zero-order valence-electron chi connectivity index (χ0n) is 30.4. The molecule has 0 saturated carbocycles. The van der Waals surface area contributed by atoms with Gasteiger partial charge in [0.05, 0.1) is 21.4 Å². The van der Waals surface area contributed by atoms with Crippen molar-refractivity contribution in [1.29, 1.82) is 0 Å². The van der Waals surface area contributed by atoms with Gasteiger partial charge in [0, 0.05) is 74.2 Å². The highest BCUT2D eigenvalue weighted by molar-refractivity contribution is 7.28. The third-order valence-electron chi connectivity index (χ3n) is 11.1. The molecule has 0 aliphatic heterocycles. The summed E-state index contributed by atoms with van der Waals surface area (Å²) in [6, 6.07) is 64.7. The lowest BCUT2D eigenvalue weighted by molar-refractivity contribution is 1.08. The molecule has 0 radical (unpaired) electrons. The van der Waals surface area contributed by atoms with Gasteiger partial charge in [0.2, 0.25) is 0 Å². The Kier molecular flexibility index (Phi) is 7.24. The molecule has 0 amide bonds. The van der Waals surface area contributed by atoms with E-state index in [9.17, 15) is 0 Å². The average molecular weight is 763 g/mol. The maximum Gasteiger partial charge on any atom is 0.165 e. The van der Waals surface area contributed by atoms with Crippen molar-refractivity contribution in [3.05, 3.63) is 182 Å². The molecule has 0 atom stereocenters. The van der Waals surface area contributed by atoms with E-state index < -0.39 is 0 Å². The molecule has 8 aromatic carbocycles. The van der Waals surface area contributed by atoms with Crippen LogP contribution in [0.5, 0.6) is 0 Å². The molecule has 4 aromatic heterocycles. The number of thiophene rings is 2. The minimum atomic E-state index is 0.662. The maximum atomic E-state index is 5.12. The highest BCUT2D eigenvalue weighted by atomic mass is 32.1. The molecule has 0 saturated heterocycles. The predicted molar refractivity (Wildman–Crippen MR) is 242 cm³/mol. The van der Waals surface area contributed by atoms with Crippen LogP contribution in [0.3, 0.4) is 0 Å². The van der Waals surface area contributed by atoms with Crippen LogP contribution >= 0.6 is 22.7 Å². The molecule has 0 unspecified atom stereocenters. The summed E-state index contributed by atoms with van der Waals surface area (Å²) >= 11 is 3.72. The van der Waals surface area contributed by atoms with Crippen molar-refractivity contribution in [2.75, 3.05) is 0 Å². The molecule has 4 heterocycles. The van der Waals surface area contributed by atoms with Crippen LogP contribution in [0.2, 0.25) is 0 Å². The molecule has 4 nitrogen and oxygen atoms in total. The van der Waals surface area contributed by atoms with Gasteiger partial charge in [0.15, 0.2) is 17.5 Å². The van der Waals surface area contributed by atoms with E-state index in [-0.39, 0.29) is 0 Å². The molecular weight excluding hydrogens is 733 g/mol. The van der Waals surface area contributed by atoms with Crippen LogP contribution in [0.15, 0.2) is 182 Å². The fourth-order valence-corrected chi connectivity index (χ4v) is 11.2. The van der Waals surface area contributed by atoms with Crippen molar-refractivity contribution in [2.45, 2.75) is 0 Å². The second-order valence-electron chi connectivity index (χ2n) is 14.3. The minimum absolute atomic E-state index is 0.662. The summed E-state index contributed by atoms with van der Waals surface area (Å²) in [7, 11) is 0. The quantitative estimate of drug-likeness (QED) is 0.175. The number of fused-ring (bicyclic) bond motifs is 9. The number of hydrogen-bond donors (Lipinski definition) is 0. The largest absolute Gasteiger partial charge is 0.308 e. The average Bonchev–Trinajstić information content (AvgIpc) is 3.97. The Morgan fingerprint density at radius 2 is 0.684 bits per heavy atom. The number of hydrogen-bond acceptors (Lipinski definition) is 5. The van der Waals surface area contributed by atoms with Gasteiger partial charge in [-0.1, -0.05) is 158 Å². The molecule has 0 N–H and O–H groups in total. The molecule has 0 spiro atoms. The zero-order valence-corrected chi connectivity index (χ0v) is 32.1. The molecule has 57 heavy (non-hydrogen) atoms. The molecule has 0 bridgehead atoms. The van der Waals surface area contributed by atoms with Crippen molar-refractivity contribution in [3.63, 3.8) is 0 Å². The molecule has 266 valence electrons. The summed E-state index contributed by atoms with van der Waals surface area (Å²) in [4.78, 5) is 15.2. The first-order valence-corrected chi connectivity index (χ1v) is 20.7. The molecule has 0 aliphatic carbocycles. The Balaban J connectivity index is 1.07. The fourth-order valence-electron chi connectivity index (χ4n) is 8.51. The van der Waals surface area contributed by atoms with E-state index in [1.807, 2.05) is 59.1 Å². The maximum absolute atomic E-state index is 5.12. The molecular formula is C51H30N4S2. The normalized spacial score (nSPS) is 11.9. The standard InChI is InChI=1S/C51H30N4S2/c1-3-15-31(16-4-1)49-52-50(32-17-5-2-6-18-32)54-51(53-49)41-27-13-25-38-37-23-11-21-35(45(37)56-47(38)41)36-22-12-24-39-40-26-14-30-44(48(40)57-46(36)39)55-42-28-9-7-19-33(42)34-20-8-10-29-43(34)55/h1-30H. The van der Waals surface area contributed by atoms with Gasteiger partial charge < -0.3 is 4.57 Å². The van der Waals surface area contributed by atoms with Crippen LogP contribution in [0.25, 0.3) is 113 Å². The van der Waals surface area contributed by atoms with E-state index in [4.69, 9.17) is 15.0 Å². The van der Waals surface area contributed by atoms with Crippen molar-refractivity contribution >= 4 is 84.8 Å². The number of nitrogens with zero attached hydrogens (tertiary/aromatic N) is 4.